The van der Waals surface area contributed by atoms with Gasteiger partial charge < -0.3 is 14.6 Å². The molecule has 0 bridgehead atoms. The lowest BCUT2D eigenvalue weighted by Crippen LogP contribution is -2.18. The average Bonchev–Trinajstić information content (AvgIpc) is 1.81. The molecule has 7 nitrogen and oxygen atoms in total. The summed E-state index contributed by atoms with van der Waals surface area (Å²) in [5, 5.41) is 0. The zero-order valence-electron chi connectivity index (χ0n) is 6.52. The normalized spacial score (nSPS) is 15.5. The summed E-state index contributed by atoms with van der Waals surface area (Å²) in [7, 11) is -8.82. The smallest absolute Gasteiger partial charge is 0.324 e. The van der Waals surface area contributed by atoms with Crippen LogP contribution in [-0.2, 0) is 9.36 Å². The van der Waals surface area contributed by atoms with Gasteiger partial charge in [0, 0.05) is 6.42 Å². The summed E-state index contributed by atoms with van der Waals surface area (Å²) in [6.07, 6.45) is -1.15. The van der Waals surface area contributed by atoms with Crippen molar-refractivity contribution in [2.45, 2.75) is 12.1 Å². The lowest BCUT2D eigenvalue weighted by molar-refractivity contribution is -0.107. The van der Waals surface area contributed by atoms with Gasteiger partial charge in [0.15, 0.2) is 5.66 Å². The summed E-state index contributed by atoms with van der Waals surface area (Å²) < 4.78 is 10.4. The van der Waals surface area contributed by atoms with E-state index in [2.05, 4.69) is 0 Å². The topological polar surface area (TPSA) is 135 Å². The molecule has 0 aromatic carbocycles. The second-order valence-corrected chi connectivity index (χ2v) is 6.17. The Balaban J connectivity index is 4.45. The Morgan fingerprint density at radius 2 is 1.77 bits per heavy atom. The highest BCUT2D eigenvalue weighted by molar-refractivity contribution is 7.61. The average molecular weight is 233 g/mol. The molecule has 1 atom stereocenters. The molecule has 0 aliphatic rings. The van der Waals surface area contributed by atoms with Gasteiger partial charge in [-0.3, -0.25) is 4.57 Å². The lowest BCUT2D eigenvalue weighted by atomic mass is 10.4. The number of rotatable bonds is 5. The molecule has 0 aliphatic heterocycles. The fourth-order valence-corrected chi connectivity index (χ4v) is 3.29. The third-order valence-electron chi connectivity index (χ3n) is 1.31. The van der Waals surface area contributed by atoms with E-state index in [4.69, 9.17) is 24.5 Å². The van der Waals surface area contributed by atoms with E-state index in [1.807, 2.05) is 0 Å². The van der Waals surface area contributed by atoms with Crippen molar-refractivity contribution in [1.29, 1.82) is 0 Å². The third-order valence-corrected chi connectivity index (χ3v) is 3.88. The van der Waals surface area contributed by atoms with Crippen molar-refractivity contribution in [3.05, 3.63) is 0 Å². The molecule has 9 heteroatoms. The zero-order chi connectivity index (χ0) is 10.7. The molecule has 1 unspecified atom stereocenters. The van der Waals surface area contributed by atoms with Crippen molar-refractivity contribution in [3.63, 3.8) is 0 Å². The SMILES string of the molecule is O=CCC(CP(=O)(O)O)[P+](O)(O)O. The summed E-state index contributed by atoms with van der Waals surface area (Å²) in [5.74, 6) is 0. The standard InChI is InChI=1S/C4H10O7P2/c5-2-1-4(13(9,10)11)3-12(6,7)8/h2,4,9-11H,1,3H2,(H-,6,7,8)/p+1. The second-order valence-electron chi connectivity index (χ2n) is 2.52. The number of hydrogen-bond donors (Lipinski definition) is 5. The van der Waals surface area contributed by atoms with E-state index < -0.39 is 33.8 Å². The van der Waals surface area contributed by atoms with Gasteiger partial charge in [-0.1, -0.05) is 0 Å². The van der Waals surface area contributed by atoms with Crippen molar-refractivity contribution >= 4 is 21.8 Å². The molecule has 0 aromatic heterocycles. The van der Waals surface area contributed by atoms with Crippen LogP contribution in [0.4, 0.5) is 0 Å². The first-order chi connectivity index (χ1) is 5.67. The maximum atomic E-state index is 10.4. The van der Waals surface area contributed by atoms with Crippen molar-refractivity contribution in [3.8, 4) is 0 Å². The van der Waals surface area contributed by atoms with Crippen LogP contribution in [0.2, 0.25) is 0 Å². The second kappa shape index (κ2) is 4.57. The first-order valence-electron chi connectivity index (χ1n) is 3.22. The van der Waals surface area contributed by atoms with Gasteiger partial charge in [-0.25, -0.2) is 0 Å². The van der Waals surface area contributed by atoms with Gasteiger partial charge in [-0.2, -0.15) is 14.7 Å². The lowest BCUT2D eigenvalue weighted by Gasteiger charge is -2.15. The molecule has 0 saturated carbocycles. The maximum Gasteiger partial charge on any atom is 0.407 e. The van der Waals surface area contributed by atoms with Crippen molar-refractivity contribution < 1.29 is 33.8 Å². The van der Waals surface area contributed by atoms with E-state index in [1.54, 1.807) is 0 Å². The van der Waals surface area contributed by atoms with Crippen LogP contribution in [0, 0.1) is 0 Å². The molecule has 5 N–H and O–H groups in total. The molecule has 0 heterocycles. The number of aldehydes is 1. The molecular weight excluding hydrogens is 222 g/mol. The zero-order valence-corrected chi connectivity index (χ0v) is 8.30. The largest absolute Gasteiger partial charge is 0.407 e. The van der Waals surface area contributed by atoms with E-state index >= 15 is 0 Å². The molecule has 0 amide bonds. The predicted octanol–water partition coefficient (Wildman–Crippen LogP) is -1.14. The van der Waals surface area contributed by atoms with E-state index in [0.29, 0.717) is 0 Å². The molecule has 0 aliphatic carbocycles. The van der Waals surface area contributed by atoms with Crippen LogP contribution in [0.5, 0.6) is 0 Å². The van der Waals surface area contributed by atoms with Gasteiger partial charge in [0.25, 0.3) is 0 Å². The van der Waals surface area contributed by atoms with Crippen LogP contribution in [0.25, 0.3) is 0 Å². The summed E-state index contributed by atoms with van der Waals surface area (Å²) in [6.45, 7) is 0. The van der Waals surface area contributed by atoms with Crippen LogP contribution < -0.4 is 0 Å². The number of carbonyl (C=O) groups is 1. The fourth-order valence-electron chi connectivity index (χ4n) is 0.711. The summed E-state index contributed by atoms with van der Waals surface area (Å²) in [6, 6.07) is 0. The monoisotopic (exact) mass is 233 g/mol. The molecule has 0 spiro atoms. The predicted molar refractivity (Wildman–Crippen MR) is 45.0 cm³/mol. The Morgan fingerprint density at radius 1 is 1.31 bits per heavy atom. The number of hydrogen-bond acceptors (Lipinski definition) is 5. The molecule has 13 heavy (non-hydrogen) atoms. The Bertz CT molecular complexity index is 215. The fraction of sp³-hybridized carbons (Fsp3) is 0.750. The molecule has 0 aromatic rings. The minimum absolute atomic E-state index is 0.262. The maximum absolute atomic E-state index is 10.4. The summed E-state index contributed by atoms with van der Waals surface area (Å²) in [4.78, 5) is 53.0. The van der Waals surface area contributed by atoms with E-state index in [1.165, 1.54) is 0 Å². The van der Waals surface area contributed by atoms with Gasteiger partial charge >= 0.3 is 15.5 Å². The van der Waals surface area contributed by atoms with Gasteiger partial charge in [0.2, 0.25) is 0 Å². The molecule has 0 radical (unpaired) electrons. The highest BCUT2D eigenvalue weighted by atomic mass is 31.2. The Morgan fingerprint density at radius 3 is 2.00 bits per heavy atom. The van der Waals surface area contributed by atoms with E-state index in [-0.39, 0.29) is 6.29 Å². The van der Waals surface area contributed by atoms with Crippen molar-refractivity contribution in [2.75, 3.05) is 6.16 Å². The van der Waals surface area contributed by atoms with Crippen LogP contribution >= 0.6 is 15.5 Å². The summed E-state index contributed by atoms with van der Waals surface area (Å²) >= 11 is 0. The quantitative estimate of drug-likeness (QED) is 0.299. The minimum atomic E-state index is -4.46. The summed E-state index contributed by atoms with van der Waals surface area (Å²) in [5.41, 5.74) is -1.48. The van der Waals surface area contributed by atoms with Gasteiger partial charge in [0.1, 0.15) is 6.29 Å². The highest BCUT2D eigenvalue weighted by Gasteiger charge is 2.45. The van der Waals surface area contributed by atoms with Crippen LogP contribution in [0.3, 0.4) is 0 Å². The molecule has 78 valence electrons. The van der Waals surface area contributed by atoms with Gasteiger partial charge in [0.05, 0.1) is 6.16 Å². The molecule has 0 rings (SSSR count). The Labute approximate surface area is 74.8 Å². The van der Waals surface area contributed by atoms with Crippen LogP contribution in [-0.4, -0.2) is 42.6 Å². The van der Waals surface area contributed by atoms with Gasteiger partial charge in [-0.05, 0) is 0 Å². The molecular formula is C4H11O7P2+. The van der Waals surface area contributed by atoms with Crippen molar-refractivity contribution in [1.82, 2.24) is 0 Å². The van der Waals surface area contributed by atoms with Crippen LogP contribution in [0.15, 0.2) is 0 Å². The van der Waals surface area contributed by atoms with Gasteiger partial charge in [-0.15, -0.1) is 0 Å². The van der Waals surface area contributed by atoms with E-state index in [9.17, 15) is 9.36 Å². The minimum Gasteiger partial charge on any atom is -0.324 e. The van der Waals surface area contributed by atoms with Crippen molar-refractivity contribution in [2.24, 2.45) is 0 Å². The highest BCUT2D eigenvalue weighted by Crippen LogP contribution is 2.55. The van der Waals surface area contributed by atoms with E-state index in [0.717, 1.165) is 0 Å². The molecule has 0 fully saturated rings. The molecule has 0 saturated heterocycles. The Hall–Kier alpha value is 0.130. The van der Waals surface area contributed by atoms with Crippen LogP contribution in [0.1, 0.15) is 6.42 Å². The Kier molecular flexibility index (Phi) is 4.62. The first kappa shape index (κ1) is 13.1. The third kappa shape index (κ3) is 6.23. The number of carbonyl (C=O) groups excluding carboxylic acids is 1. The first-order valence-corrected chi connectivity index (χ1v) is 6.73.